The molecular formula is C18H18N2O6S. The van der Waals surface area contributed by atoms with Crippen LogP contribution in [0.15, 0.2) is 42.5 Å². The van der Waals surface area contributed by atoms with E-state index >= 15 is 0 Å². The lowest BCUT2D eigenvalue weighted by atomic mass is 10.1. The molecule has 9 heteroatoms. The molecule has 8 nitrogen and oxygen atoms in total. The zero-order chi connectivity index (χ0) is 19.4. The van der Waals surface area contributed by atoms with Crippen LogP contribution in [0.4, 0.5) is 5.69 Å². The molecule has 3 rings (SSSR count). The number of methoxy groups -OCH3 is 1. The normalized spacial score (nSPS) is 18.9. The lowest BCUT2D eigenvalue weighted by molar-refractivity contribution is -0.384. The molecule has 1 saturated heterocycles. The van der Waals surface area contributed by atoms with Crippen molar-refractivity contribution >= 4 is 23.4 Å². The average Bonchev–Trinajstić information content (AvgIpc) is 3.17. The minimum absolute atomic E-state index is 0.0421. The van der Waals surface area contributed by atoms with Crippen LogP contribution in [0, 0.1) is 10.1 Å². The highest BCUT2D eigenvalue weighted by Gasteiger charge is 2.30. The second-order valence-corrected chi connectivity index (χ2v) is 7.02. The van der Waals surface area contributed by atoms with Gasteiger partial charge in [-0.25, -0.2) is 0 Å². The molecule has 1 fully saturated rings. The van der Waals surface area contributed by atoms with E-state index in [-0.39, 0.29) is 17.7 Å². The van der Waals surface area contributed by atoms with E-state index in [9.17, 15) is 14.9 Å². The number of ether oxygens (including phenoxy) is 2. The standard InChI is InChI=1S/C18H18N2O6S/c1-25-16-6-5-11(17-19-15(10-27-17)18(21)22)7-12(16)9-26-14-4-2-3-13(8-14)20(23)24/h2-8,15,17,19H,9-10H2,1H3,(H,21,22)/t15-,17+/m1/s1. The number of hydrogen-bond donors (Lipinski definition) is 2. The van der Waals surface area contributed by atoms with Gasteiger partial charge in [-0.2, -0.15) is 0 Å². The minimum atomic E-state index is -0.868. The van der Waals surface area contributed by atoms with Crippen LogP contribution in [0.25, 0.3) is 0 Å². The maximum absolute atomic E-state index is 11.1. The molecule has 27 heavy (non-hydrogen) atoms. The fourth-order valence-electron chi connectivity index (χ4n) is 2.73. The molecule has 1 aliphatic heterocycles. The molecule has 0 amide bonds. The van der Waals surface area contributed by atoms with Crippen molar-refractivity contribution in [2.45, 2.75) is 18.0 Å². The number of nitro groups is 1. The van der Waals surface area contributed by atoms with Gasteiger partial charge in [0.15, 0.2) is 0 Å². The second kappa shape index (κ2) is 8.28. The number of benzene rings is 2. The van der Waals surface area contributed by atoms with Gasteiger partial charge in [0.2, 0.25) is 0 Å². The fourth-order valence-corrected chi connectivity index (χ4v) is 3.95. The van der Waals surface area contributed by atoms with Crippen molar-refractivity contribution in [3.05, 3.63) is 63.7 Å². The SMILES string of the molecule is COc1ccc([C@H]2N[C@@H](C(=O)O)CS2)cc1COc1cccc([N+](=O)[O-])c1. The average molecular weight is 390 g/mol. The Morgan fingerprint density at radius 2 is 2.19 bits per heavy atom. The zero-order valence-corrected chi connectivity index (χ0v) is 15.3. The van der Waals surface area contributed by atoms with Crippen molar-refractivity contribution in [1.82, 2.24) is 5.32 Å². The van der Waals surface area contributed by atoms with Crippen LogP contribution in [0.1, 0.15) is 16.5 Å². The maximum Gasteiger partial charge on any atom is 0.321 e. The van der Waals surface area contributed by atoms with Crippen LogP contribution in [0.5, 0.6) is 11.5 Å². The highest BCUT2D eigenvalue weighted by molar-refractivity contribution is 7.99. The number of nitrogens with zero attached hydrogens (tertiary/aromatic N) is 1. The predicted molar refractivity (Wildman–Crippen MR) is 100 cm³/mol. The lowest BCUT2D eigenvalue weighted by Crippen LogP contribution is -2.33. The van der Waals surface area contributed by atoms with Crippen LogP contribution in [0.2, 0.25) is 0 Å². The van der Waals surface area contributed by atoms with Gasteiger partial charge in [-0.15, -0.1) is 11.8 Å². The lowest BCUT2D eigenvalue weighted by Gasteiger charge is -2.16. The maximum atomic E-state index is 11.1. The number of non-ortho nitro benzene ring substituents is 1. The first kappa shape index (κ1) is 19.0. The van der Waals surface area contributed by atoms with Crippen LogP contribution < -0.4 is 14.8 Å². The van der Waals surface area contributed by atoms with E-state index in [1.807, 2.05) is 12.1 Å². The molecule has 2 aromatic carbocycles. The summed E-state index contributed by atoms with van der Waals surface area (Å²) >= 11 is 1.53. The van der Waals surface area contributed by atoms with E-state index < -0.39 is 16.9 Å². The van der Waals surface area contributed by atoms with Crippen molar-refractivity contribution in [2.75, 3.05) is 12.9 Å². The highest BCUT2D eigenvalue weighted by atomic mass is 32.2. The van der Waals surface area contributed by atoms with Gasteiger partial charge in [-0.3, -0.25) is 20.2 Å². The molecule has 1 heterocycles. The van der Waals surface area contributed by atoms with E-state index in [1.54, 1.807) is 25.3 Å². The molecule has 2 N–H and O–H groups in total. The van der Waals surface area contributed by atoms with Gasteiger partial charge >= 0.3 is 5.97 Å². The van der Waals surface area contributed by atoms with Gasteiger partial charge in [0, 0.05) is 17.4 Å². The molecule has 0 spiro atoms. The van der Waals surface area contributed by atoms with Crippen molar-refractivity contribution in [3.8, 4) is 11.5 Å². The first-order valence-electron chi connectivity index (χ1n) is 8.12. The molecule has 0 aromatic heterocycles. The summed E-state index contributed by atoms with van der Waals surface area (Å²) in [6.45, 7) is 0.165. The summed E-state index contributed by atoms with van der Waals surface area (Å²) in [7, 11) is 1.55. The summed E-state index contributed by atoms with van der Waals surface area (Å²) in [6.07, 6.45) is 0. The minimum Gasteiger partial charge on any atom is -0.496 e. The number of thioether (sulfide) groups is 1. The number of aliphatic carboxylic acids is 1. The van der Waals surface area contributed by atoms with Crippen molar-refractivity contribution in [1.29, 1.82) is 0 Å². The molecule has 142 valence electrons. The smallest absolute Gasteiger partial charge is 0.321 e. The molecule has 2 aromatic rings. The Hall–Kier alpha value is -2.78. The quantitative estimate of drug-likeness (QED) is 0.548. The van der Waals surface area contributed by atoms with E-state index in [4.69, 9.17) is 14.6 Å². The van der Waals surface area contributed by atoms with Gasteiger partial charge in [-0.05, 0) is 23.8 Å². The van der Waals surface area contributed by atoms with Crippen LogP contribution in [-0.4, -0.2) is 34.9 Å². The molecular weight excluding hydrogens is 372 g/mol. The molecule has 1 aliphatic rings. The third-order valence-electron chi connectivity index (χ3n) is 4.11. The third kappa shape index (κ3) is 4.50. The number of carboxylic acids is 1. The summed E-state index contributed by atoms with van der Waals surface area (Å²) < 4.78 is 11.1. The Balaban J connectivity index is 1.75. The van der Waals surface area contributed by atoms with Crippen molar-refractivity contribution in [2.24, 2.45) is 0 Å². The Labute approximate surface area is 159 Å². The summed E-state index contributed by atoms with van der Waals surface area (Å²) in [5, 5.41) is 22.9. The van der Waals surface area contributed by atoms with Gasteiger partial charge in [-0.1, -0.05) is 12.1 Å². The van der Waals surface area contributed by atoms with E-state index in [0.717, 1.165) is 11.1 Å². The van der Waals surface area contributed by atoms with Gasteiger partial charge < -0.3 is 14.6 Å². The van der Waals surface area contributed by atoms with Gasteiger partial charge in [0.05, 0.1) is 23.5 Å². The first-order valence-corrected chi connectivity index (χ1v) is 9.17. The van der Waals surface area contributed by atoms with E-state index in [1.165, 1.54) is 23.9 Å². The topological polar surface area (TPSA) is 111 Å². The number of nitro benzene ring substituents is 1. The number of nitrogens with one attached hydrogen (secondary N) is 1. The Bertz CT molecular complexity index is 859. The number of hydrogen-bond acceptors (Lipinski definition) is 7. The van der Waals surface area contributed by atoms with Gasteiger partial charge in [0.1, 0.15) is 24.1 Å². The highest BCUT2D eigenvalue weighted by Crippen LogP contribution is 2.35. The first-order chi connectivity index (χ1) is 13.0. The Kier molecular flexibility index (Phi) is 5.82. The fraction of sp³-hybridized carbons (Fsp3) is 0.278. The molecule has 0 radical (unpaired) electrons. The largest absolute Gasteiger partial charge is 0.496 e. The molecule has 0 aliphatic carbocycles. The summed E-state index contributed by atoms with van der Waals surface area (Å²) in [5.41, 5.74) is 1.64. The third-order valence-corrected chi connectivity index (χ3v) is 5.38. The molecule has 0 saturated carbocycles. The summed E-state index contributed by atoms with van der Waals surface area (Å²) in [5.74, 6) is 0.636. The monoisotopic (exact) mass is 390 g/mol. The Morgan fingerprint density at radius 1 is 1.37 bits per heavy atom. The summed E-state index contributed by atoms with van der Waals surface area (Å²) in [4.78, 5) is 21.5. The van der Waals surface area contributed by atoms with Crippen molar-refractivity contribution in [3.63, 3.8) is 0 Å². The van der Waals surface area contributed by atoms with Crippen LogP contribution >= 0.6 is 11.8 Å². The number of carboxylic acid groups (broad SMARTS) is 1. The second-order valence-electron chi connectivity index (χ2n) is 5.89. The van der Waals surface area contributed by atoms with Crippen molar-refractivity contribution < 1.29 is 24.3 Å². The Morgan fingerprint density at radius 3 is 2.85 bits per heavy atom. The molecule has 0 bridgehead atoms. The van der Waals surface area contributed by atoms with E-state index in [0.29, 0.717) is 17.3 Å². The molecule has 0 unspecified atom stereocenters. The number of rotatable bonds is 7. The van der Waals surface area contributed by atoms with E-state index in [2.05, 4.69) is 5.32 Å². The predicted octanol–water partition coefficient (Wildman–Crippen LogP) is 2.97. The summed E-state index contributed by atoms with van der Waals surface area (Å²) in [6, 6.07) is 11.0. The van der Waals surface area contributed by atoms with Crippen LogP contribution in [-0.2, 0) is 11.4 Å². The number of carbonyl (C=O) groups is 1. The zero-order valence-electron chi connectivity index (χ0n) is 14.5. The molecule has 2 atom stereocenters. The van der Waals surface area contributed by atoms with Gasteiger partial charge in [0.25, 0.3) is 5.69 Å². The van der Waals surface area contributed by atoms with Crippen LogP contribution in [0.3, 0.4) is 0 Å².